The number of nitrogens with one attached hydrogen (secondary N) is 3. The summed E-state index contributed by atoms with van der Waals surface area (Å²) < 4.78 is 0. The Hall–Kier alpha value is -2.42. The van der Waals surface area contributed by atoms with Crippen LogP contribution in [0.4, 0.5) is 0 Å². The summed E-state index contributed by atoms with van der Waals surface area (Å²) >= 11 is 0. The van der Waals surface area contributed by atoms with Gasteiger partial charge >= 0.3 is 5.97 Å². The lowest BCUT2D eigenvalue weighted by Crippen LogP contribution is -2.66. The van der Waals surface area contributed by atoms with Gasteiger partial charge < -0.3 is 36.4 Å². The van der Waals surface area contributed by atoms with Crippen molar-refractivity contribution in [3.8, 4) is 0 Å². The SMILES string of the molecule is CCCC[C@@H](NC)C(=O)C(C)(O)C(=O)CC(O)(C(=O)[C@@H](C)NC)C(=O)C(O)(CC(=O)[C@@H](NC)C(C)CC)C(=O)O. The zero-order valence-electron chi connectivity index (χ0n) is 24.8. The Morgan fingerprint density at radius 2 is 1.35 bits per heavy atom. The summed E-state index contributed by atoms with van der Waals surface area (Å²) in [4.78, 5) is 78.3. The molecule has 0 rings (SSSR count). The van der Waals surface area contributed by atoms with E-state index >= 15 is 0 Å². The van der Waals surface area contributed by atoms with Crippen LogP contribution in [-0.2, 0) is 28.8 Å². The lowest BCUT2D eigenvalue weighted by Gasteiger charge is -2.35. The summed E-state index contributed by atoms with van der Waals surface area (Å²) in [6.07, 6.45) is -0.802. The van der Waals surface area contributed by atoms with E-state index in [0.717, 1.165) is 6.92 Å². The number of ketones is 5. The first-order valence-corrected chi connectivity index (χ1v) is 13.5. The second kappa shape index (κ2) is 15.5. The van der Waals surface area contributed by atoms with Crippen molar-refractivity contribution in [2.45, 2.75) is 108 Å². The van der Waals surface area contributed by atoms with Gasteiger partial charge in [0.1, 0.15) is 0 Å². The van der Waals surface area contributed by atoms with Gasteiger partial charge in [-0.05, 0) is 47.3 Å². The first kappa shape index (κ1) is 37.6. The van der Waals surface area contributed by atoms with E-state index in [2.05, 4.69) is 16.0 Å². The lowest BCUT2D eigenvalue weighted by atomic mass is 9.72. The van der Waals surface area contributed by atoms with E-state index in [1.165, 1.54) is 28.1 Å². The van der Waals surface area contributed by atoms with E-state index < -0.39 is 82.7 Å². The monoisotopic (exact) mass is 573 g/mol. The molecule has 0 spiro atoms. The van der Waals surface area contributed by atoms with Crippen LogP contribution in [0.3, 0.4) is 0 Å². The first-order valence-electron chi connectivity index (χ1n) is 13.5. The highest BCUT2D eigenvalue weighted by Crippen LogP contribution is 2.30. The van der Waals surface area contributed by atoms with Crippen molar-refractivity contribution in [3.63, 3.8) is 0 Å². The molecule has 7 N–H and O–H groups in total. The molecule has 13 heteroatoms. The molecule has 0 aliphatic carbocycles. The quantitative estimate of drug-likeness (QED) is 0.0814. The number of aliphatic carboxylic acids is 1. The maximum absolute atomic E-state index is 13.6. The van der Waals surface area contributed by atoms with E-state index in [0.29, 0.717) is 19.3 Å². The number of rotatable bonds is 21. The van der Waals surface area contributed by atoms with Crippen LogP contribution in [0.1, 0.15) is 73.1 Å². The lowest BCUT2D eigenvalue weighted by molar-refractivity contribution is -0.181. The molecule has 13 nitrogen and oxygen atoms in total. The largest absolute Gasteiger partial charge is 0.479 e. The summed E-state index contributed by atoms with van der Waals surface area (Å²) in [6, 6.07) is -3.27. The fourth-order valence-electron chi connectivity index (χ4n) is 4.42. The average Bonchev–Trinajstić information content (AvgIpc) is 2.91. The molecule has 0 aromatic heterocycles. The third kappa shape index (κ3) is 8.30. The van der Waals surface area contributed by atoms with E-state index in [-0.39, 0.29) is 12.3 Å². The number of hydrogen-bond acceptors (Lipinski definition) is 12. The molecule has 0 saturated carbocycles. The number of carboxylic acids is 1. The van der Waals surface area contributed by atoms with Gasteiger partial charge in [0.05, 0.1) is 31.0 Å². The summed E-state index contributed by atoms with van der Waals surface area (Å²) in [5.41, 5.74) is -9.91. The predicted molar refractivity (Wildman–Crippen MR) is 146 cm³/mol. The van der Waals surface area contributed by atoms with Gasteiger partial charge in [0, 0.05) is 0 Å². The van der Waals surface area contributed by atoms with Crippen molar-refractivity contribution in [1.29, 1.82) is 0 Å². The van der Waals surface area contributed by atoms with Crippen LogP contribution >= 0.6 is 0 Å². The maximum atomic E-state index is 13.6. The van der Waals surface area contributed by atoms with Gasteiger partial charge in [-0.3, -0.25) is 24.0 Å². The zero-order valence-corrected chi connectivity index (χ0v) is 24.8. The number of Topliss-reactive ketones (excluding diaryl/α,β-unsaturated/α-hetero) is 5. The van der Waals surface area contributed by atoms with E-state index in [4.69, 9.17) is 0 Å². The topological polar surface area (TPSA) is 219 Å². The fraction of sp³-hybridized carbons (Fsp3) is 0.778. The zero-order chi connectivity index (χ0) is 31.6. The van der Waals surface area contributed by atoms with Gasteiger partial charge in [0.2, 0.25) is 11.4 Å². The van der Waals surface area contributed by atoms with Gasteiger partial charge in [0.25, 0.3) is 0 Å². The Morgan fingerprint density at radius 3 is 1.75 bits per heavy atom. The highest BCUT2D eigenvalue weighted by molar-refractivity contribution is 6.25. The van der Waals surface area contributed by atoms with Gasteiger partial charge in [-0.2, -0.15) is 0 Å². The van der Waals surface area contributed by atoms with Crippen LogP contribution in [0, 0.1) is 5.92 Å². The molecule has 0 aliphatic heterocycles. The molecule has 7 atom stereocenters. The molecule has 0 amide bonds. The molecule has 0 radical (unpaired) electrons. The van der Waals surface area contributed by atoms with E-state index in [1.54, 1.807) is 13.8 Å². The number of aliphatic hydroxyl groups is 3. The molecule has 4 unspecified atom stereocenters. The molecular weight excluding hydrogens is 526 g/mol. The van der Waals surface area contributed by atoms with Crippen LogP contribution in [0.25, 0.3) is 0 Å². The number of carboxylic acid groups (broad SMARTS) is 1. The minimum Gasteiger partial charge on any atom is -0.479 e. The Morgan fingerprint density at radius 1 is 0.800 bits per heavy atom. The molecule has 0 heterocycles. The van der Waals surface area contributed by atoms with Crippen molar-refractivity contribution >= 4 is 34.9 Å². The summed E-state index contributed by atoms with van der Waals surface area (Å²) in [5, 5.41) is 51.0. The van der Waals surface area contributed by atoms with E-state index in [1.807, 2.05) is 6.92 Å². The molecule has 0 aromatic carbocycles. The smallest absolute Gasteiger partial charge is 0.344 e. The Kier molecular flexibility index (Phi) is 14.6. The van der Waals surface area contributed by atoms with Crippen molar-refractivity contribution in [3.05, 3.63) is 0 Å². The molecule has 0 saturated heterocycles. The highest BCUT2D eigenvalue weighted by Gasteiger charge is 2.61. The molecule has 40 heavy (non-hydrogen) atoms. The molecule has 0 fully saturated rings. The van der Waals surface area contributed by atoms with Gasteiger partial charge in [0.15, 0.2) is 34.3 Å². The van der Waals surface area contributed by atoms with Gasteiger partial charge in [-0.15, -0.1) is 0 Å². The van der Waals surface area contributed by atoms with Crippen molar-refractivity contribution < 1.29 is 49.2 Å². The normalized spacial score (nSPS) is 19.2. The van der Waals surface area contributed by atoms with E-state index in [9.17, 15) is 49.2 Å². The van der Waals surface area contributed by atoms with Crippen molar-refractivity contribution in [2.24, 2.45) is 5.92 Å². The number of likely N-dealkylation sites (N-methyl/N-ethyl adjacent to an activating group) is 3. The Bertz CT molecular complexity index is 953. The summed E-state index contributed by atoms with van der Waals surface area (Å²) in [7, 11) is 4.16. The molecular formula is C27H47N3O10. The Labute approximate surface area is 235 Å². The summed E-state index contributed by atoms with van der Waals surface area (Å²) in [5.74, 6) is -9.29. The minimum atomic E-state index is -3.61. The van der Waals surface area contributed by atoms with Crippen LogP contribution in [0.15, 0.2) is 0 Å². The van der Waals surface area contributed by atoms with Gasteiger partial charge in [-0.1, -0.05) is 40.0 Å². The number of unbranched alkanes of at least 4 members (excludes halogenated alkanes) is 1. The molecule has 0 bridgehead atoms. The molecule has 0 aliphatic rings. The van der Waals surface area contributed by atoms with Gasteiger partial charge in [-0.25, -0.2) is 4.79 Å². The van der Waals surface area contributed by atoms with Crippen LogP contribution in [0.2, 0.25) is 0 Å². The number of carbonyl (C=O) groups is 6. The predicted octanol–water partition coefficient (Wildman–Crippen LogP) is -1.07. The average molecular weight is 574 g/mol. The first-order chi connectivity index (χ1) is 18.4. The third-order valence-corrected chi connectivity index (χ3v) is 7.59. The van der Waals surface area contributed by atoms with Crippen LogP contribution in [-0.4, -0.2) is 111 Å². The van der Waals surface area contributed by atoms with Crippen LogP contribution < -0.4 is 16.0 Å². The van der Waals surface area contributed by atoms with Crippen LogP contribution in [0.5, 0.6) is 0 Å². The standard InChI is InChI=1S/C27H47N3O10/c1-9-11-12-17(29-7)22(34)25(5,38)19(32)14-26(39,21(33)16(4)28-6)23(35)27(40,24(36)37)13-18(31)20(30-8)15(3)10-2/h15-17,20,28-30,38-40H,9-14H2,1-8H3,(H,36,37)/t15?,16-,17-,20+,25?,26?,27?/m1/s1. The van der Waals surface area contributed by atoms with Crippen molar-refractivity contribution in [1.82, 2.24) is 16.0 Å². The second-order valence-corrected chi connectivity index (χ2v) is 10.5. The molecule has 0 aromatic rings. The third-order valence-electron chi connectivity index (χ3n) is 7.59. The number of carbonyl (C=O) groups excluding carboxylic acids is 5. The molecule has 230 valence electrons. The van der Waals surface area contributed by atoms with Crippen molar-refractivity contribution in [2.75, 3.05) is 21.1 Å². The second-order valence-electron chi connectivity index (χ2n) is 10.5. The fourth-order valence-corrected chi connectivity index (χ4v) is 4.42. The number of hydrogen-bond donors (Lipinski definition) is 7. The minimum absolute atomic E-state index is 0.262. The maximum Gasteiger partial charge on any atom is 0.344 e. The highest BCUT2D eigenvalue weighted by atomic mass is 16.4. The Balaban J connectivity index is 6.71. The summed E-state index contributed by atoms with van der Waals surface area (Å²) in [6.45, 7) is 7.39.